The Hall–Kier alpha value is -3.74. The Bertz CT molecular complexity index is 953. The fourth-order valence-corrected chi connectivity index (χ4v) is 2.75. The largest absolute Gasteiger partial charge is 0.497 e. The van der Waals surface area contributed by atoms with E-state index in [1.165, 1.54) is 0 Å². The van der Waals surface area contributed by atoms with E-state index in [1.807, 2.05) is 54.6 Å². The van der Waals surface area contributed by atoms with Crippen LogP contribution in [0, 0.1) is 0 Å². The molecule has 2 aromatic carbocycles. The van der Waals surface area contributed by atoms with Crippen LogP contribution in [0.5, 0.6) is 17.4 Å². The summed E-state index contributed by atoms with van der Waals surface area (Å²) in [5.41, 5.74) is 1.55. The second kappa shape index (κ2) is 10.2. The van der Waals surface area contributed by atoms with Crippen molar-refractivity contribution in [3.05, 3.63) is 72.3 Å². The molecular weight excluding hydrogens is 382 g/mol. The highest BCUT2D eigenvalue weighted by Crippen LogP contribution is 2.30. The van der Waals surface area contributed by atoms with Gasteiger partial charge in [0.1, 0.15) is 23.0 Å². The number of fused-ring (bicyclic) bond motifs is 1. The molecule has 156 valence electrons. The zero-order valence-electron chi connectivity index (χ0n) is 17.2. The van der Waals surface area contributed by atoms with Gasteiger partial charge in [0.2, 0.25) is 5.88 Å². The van der Waals surface area contributed by atoms with E-state index in [-0.39, 0.29) is 5.91 Å². The van der Waals surface area contributed by atoms with Crippen LogP contribution in [0.4, 0.5) is 11.5 Å². The number of nitrogens with zero attached hydrogens (tertiary/aromatic N) is 1. The summed E-state index contributed by atoms with van der Waals surface area (Å²) >= 11 is 0. The van der Waals surface area contributed by atoms with Crippen LogP contribution in [-0.4, -0.2) is 31.2 Å². The summed E-state index contributed by atoms with van der Waals surface area (Å²) in [5, 5.41) is 5.98. The topological polar surface area (TPSA) is 81.7 Å². The van der Waals surface area contributed by atoms with Gasteiger partial charge in [-0.05, 0) is 31.2 Å². The number of amides is 1. The number of ether oxygens (including phenoxy) is 3. The molecule has 2 heterocycles. The molecule has 1 atom stereocenters. The molecule has 0 fully saturated rings. The predicted molar refractivity (Wildman–Crippen MR) is 116 cm³/mol. The predicted octanol–water partition coefficient (Wildman–Crippen LogP) is 4.12. The molecule has 0 radical (unpaired) electrons. The molecule has 0 saturated carbocycles. The first kappa shape index (κ1) is 21.0. The molecule has 1 aliphatic heterocycles. The molecule has 2 N–H and O–H groups in total. The highest BCUT2D eigenvalue weighted by Gasteiger charge is 2.24. The average Bonchev–Trinajstić information content (AvgIpc) is 2.80. The van der Waals surface area contributed by atoms with Gasteiger partial charge in [-0.3, -0.25) is 4.79 Å². The van der Waals surface area contributed by atoms with Crippen LogP contribution in [0.15, 0.2) is 66.7 Å². The molecule has 0 spiro atoms. The molecule has 1 aromatic heterocycles. The van der Waals surface area contributed by atoms with Crippen LogP contribution in [-0.2, 0) is 11.3 Å². The monoisotopic (exact) mass is 407 g/mol. The molecule has 4 rings (SSSR count). The van der Waals surface area contributed by atoms with Crippen LogP contribution in [0.3, 0.4) is 0 Å². The maximum atomic E-state index is 11.6. The smallest absolute Gasteiger partial charge is 0.265 e. The Kier molecular flexibility index (Phi) is 7.10. The lowest BCUT2D eigenvalue weighted by Crippen LogP contribution is -2.34. The number of carbonyl (C=O) groups is 1. The van der Waals surface area contributed by atoms with Gasteiger partial charge < -0.3 is 24.8 Å². The Morgan fingerprint density at radius 1 is 1.03 bits per heavy atom. The first-order valence-corrected chi connectivity index (χ1v) is 9.54. The Balaban J connectivity index is 0.000000367. The first-order valence-electron chi connectivity index (χ1n) is 9.54. The van der Waals surface area contributed by atoms with Gasteiger partial charge in [-0.25, -0.2) is 0 Å². The van der Waals surface area contributed by atoms with Crippen LogP contribution < -0.4 is 24.8 Å². The molecule has 0 saturated heterocycles. The molecule has 3 aromatic rings. The van der Waals surface area contributed by atoms with Crippen molar-refractivity contribution in [2.45, 2.75) is 19.6 Å². The van der Waals surface area contributed by atoms with E-state index in [0.717, 1.165) is 17.1 Å². The lowest BCUT2D eigenvalue weighted by atomic mass is 10.2. The van der Waals surface area contributed by atoms with Crippen molar-refractivity contribution in [1.82, 2.24) is 4.98 Å². The molecule has 1 amide bonds. The highest BCUT2D eigenvalue weighted by atomic mass is 16.5. The van der Waals surface area contributed by atoms with Gasteiger partial charge in [-0.15, -0.1) is 0 Å². The highest BCUT2D eigenvalue weighted by molar-refractivity contribution is 5.97. The Labute approximate surface area is 176 Å². The second-order valence-electron chi connectivity index (χ2n) is 6.48. The van der Waals surface area contributed by atoms with Crippen molar-refractivity contribution < 1.29 is 19.0 Å². The van der Waals surface area contributed by atoms with Gasteiger partial charge in [0, 0.05) is 18.2 Å². The number of aromatic nitrogens is 1. The van der Waals surface area contributed by atoms with Gasteiger partial charge in [0.25, 0.3) is 5.91 Å². The van der Waals surface area contributed by atoms with Crippen molar-refractivity contribution in [2.24, 2.45) is 0 Å². The van der Waals surface area contributed by atoms with Gasteiger partial charge in [-0.2, -0.15) is 4.98 Å². The maximum absolute atomic E-state index is 11.6. The van der Waals surface area contributed by atoms with Crippen LogP contribution >= 0.6 is 0 Å². The number of methoxy groups -OCH3 is 2. The van der Waals surface area contributed by atoms with Gasteiger partial charge in [-0.1, -0.05) is 36.4 Å². The fourth-order valence-electron chi connectivity index (χ4n) is 2.75. The molecule has 30 heavy (non-hydrogen) atoms. The van der Waals surface area contributed by atoms with Crippen molar-refractivity contribution >= 4 is 17.4 Å². The molecule has 1 unspecified atom stereocenters. The number of hydrogen-bond donors (Lipinski definition) is 2. The zero-order valence-corrected chi connectivity index (χ0v) is 17.2. The number of nitrogens with one attached hydrogen (secondary N) is 2. The lowest BCUT2D eigenvalue weighted by Gasteiger charge is -2.22. The number of carbonyl (C=O) groups excluding carboxylic acids is 1. The van der Waals surface area contributed by atoms with Crippen molar-refractivity contribution in [2.75, 3.05) is 24.9 Å². The minimum absolute atomic E-state index is 0.173. The third-order valence-electron chi connectivity index (χ3n) is 4.40. The molecule has 1 aliphatic rings. The Morgan fingerprint density at radius 2 is 1.73 bits per heavy atom. The number of benzene rings is 2. The van der Waals surface area contributed by atoms with Crippen LogP contribution in [0.1, 0.15) is 12.5 Å². The van der Waals surface area contributed by atoms with E-state index in [2.05, 4.69) is 15.6 Å². The standard InChI is InChI=1S/C17H19N3O4.C6H6/c1-10-16(21)19-13-6-7-15(20-17(13)24-10)18-9-11-4-5-12(22-2)8-14(11)23-3;1-2-4-6-5-3-1/h4-8,10H,9H2,1-3H3,(H,18,20)(H,19,21);1-6H. The number of rotatable bonds is 5. The summed E-state index contributed by atoms with van der Waals surface area (Å²) < 4.78 is 16.1. The molecule has 7 heteroatoms. The quantitative estimate of drug-likeness (QED) is 0.662. The Morgan fingerprint density at radius 3 is 2.37 bits per heavy atom. The molecule has 7 nitrogen and oxygen atoms in total. The molecular formula is C23H25N3O4. The number of hydrogen-bond acceptors (Lipinski definition) is 6. The van der Waals surface area contributed by atoms with E-state index in [4.69, 9.17) is 14.2 Å². The third kappa shape index (κ3) is 5.41. The first-order chi connectivity index (χ1) is 14.6. The SMILES string of the molecule is COc1ccc(CNc2ccc3c(n2)OC(C)C(=O)N3)c(OC)c1.c1ccccc1. The lowest BCUT2D eigenvalue weighted by molar-refractivity contribution is -0.122. The van der Waals surface area contributed by atoms with Gasteiger partial charge in [0.05, 0.1) is 14.2 Å². The normalized spacial score (nSPS) is 14.2. The van der Waals surface area contributed by atoms with Gasteiger partial charge >= 0.3 is 0 Å². The van der Waals surface area contributed by atoms with E-state index < -0.39 is 6.10 Å². The summed E-state index contributed by atoms with van der Waals surface area (Å²) in [6, 6.07) is 21.2. The van der Waals surface area contributed by atoms with E-state index in [9.17, 15) is 4.79 Å². The maximum Gasteiger partial charge on any atom is 0.265 e. The summed E-state index contributed by atoms with van der Waals surface area (Å²) in [4.78, 5) is 16.0. The minimum atomic E-state index is -0.554. The summed E-state index contributed by atoms with van der Waals surface area (Å²) in [6.45, 7) is 2.21. The van der Waals surface area contributed by atoms with Crippen molar-refractivity contribution in [3.63, 3.8) is 0 Å². The van der Waals surface area contributed by atoms with Crippen molar-refractivity contribution in [3.8, 4) is 17.4 Å². The van der Waals surface area contributed by atoms with Crippen LogP contribution in [0.25, 0.3) is 0 Å². The molecule has 0 bridgehead atoms. The van der Waals surface area contributed by atoms with E-state index in [1.54, 1.807) is 33.3 Å². The summed E-state index contributed by atoms with van der Waals surface area (Å²) in [5.74, 6) is 2.36. The summed E-state index contributed by atoms with van der Waals surface area (Å²) in [6.07, 6.45) is -0.554. The van der Waals surface area contributed by atoms with Crippen LogP contribution in [0.2, 0.25) is 0 Å². The zero-order chi connectivity index (χ0) is 21.3. The van der Waals surface area contributed by atoms with Gasteiger partial charge in [0.15, 0.2) is 6.10 Å². The fraction of sp³-hybridized carbons (Fsp3) is 0.217. The number of pyridine rings is 1. The third-order valence-corrected chi connectivity index (χ3v) is 4.40. The molecule has 0 aliphatic carbocycles. The minimum Gasteiger partial charge on any atom is -0.497 e. The number of anilines is 2. The van der Waals surface area contributed by atoms with E-state index in [0.29, 0.717) is 23.9 Å². The van der Waals surface area contributed by atoms with Crippen molar-refractivity contribution in [1.29, 1.82) is 0 Å². The van der Waals surface area contributed by atoms with E-state index >= 15 is 0 Å². The summed E-state index contributed by atoms with van der Waals surface area (Å²) in [7, 11) is 3.23. The average molecular weight is 407 g/mol. The second-order valence-corrected chi connectivity index (χ2v) is 6.48.